The van der Waals surface area contributed by atoms with Crippen molar-refractivity contribution in [3.05, 3.63) is 65.7 Å². The van der Waals surface area contributed by atoms with Crippen LogP contribution in [0.4, 0.5) is 5.69 Å². The van der Waals surface area contributed by atoms with Crippen molar-refractivity contribution in [2.45, 2.75) is 56.4 Å². The zero-order valence-electron chi connectivity index (χ0n) is 14.9. The van der Waals surface area contributed by atoms with Crippen LogP contribution < -0.4 is 10.6 Å². The third-order valence-corrected chi connectivity index (χ3v) is 6.29. The number of nitrogens with zero attached hydrogens (tertiary/aromatic N) is 1. The first-order valence-corrected chi connectivity index (χ1v) is 9.72. The highest BCUT2D eigenvalue weighted by Gasteiger charge is 2.49. The minimum atomic E-state index is -0.297. The van der Waals surface area contributed by atoms with Crippen LogP contribution in [0.15, 0.2) is 54.6 Å². The zero-order valence-corrected chi connectivity index (χ0v) is 14.9. The maximum absolute atomic E-state index is 12.7. The van der Waals surface area contributed by atoms with Gasteiger partial charge in [0, 0.05) is 37.2 Å². The lowest BCUT2D eigenvalue weighted by molar-refractivity contribution is -0.00654. The van der Waals surface area contributed by atoms with E-state index >= 15 is 0 Å². The van der Waals surface area contributed by atoms with Gasteiger partial charge in [0.1, 0.15) is 5.66 Å². The molecule has 134 valence electrons. The summed E-state index contributed by atoms with van der Waals surface area (Å²) >= 11 is 0. The molecule has 2 fully saturated rings. The van der Waals surface area contributed by atoms with E-state index < -0.39 is 0 Å². The van der Waals surface area contributed by atoms with Crippen LogP contribution in [0.5, 0.6) is 0 Å². The van der Waals surface area contributed by atoms with Crippen molar-refractivity contribution in [2.24, 2.45) is 0 Å². The van der Waals surface area contributed by atoms with E-state index in [0.29, 0.717) is 12.1 Å². The first-order chi connectivity index (χ1) is 12.7. The van der Waals surface area contributed by atoms with E-state index in [1.54, 1.807) is 0 Å². The Balaban J connectivity index is 1.41. The Morgan fingerprint density at radius 1 is 0.923 bits per heavy atom. The van der Waals surface area contributed by atoms with Crippen molar-refractivity contribution >= 4 is 11.6 Å². The van der Waals surface area contributed by atoms with Crippen molar-refractivity contribution in [1.82, 2.24) is 10.2 Å². The van der Waals surface area contributed by atoms with Gasteiger partial charge in [-0.2, -0.15) is 0 Å². The molecule has 2 saturated heterocycles. The molecule has 3 heterocycles. The first-order valence-electron chi connectivity index (χ1n) is 9.72. The number of carbonyl (C=O) groups is 1. The molecule has 0 aliphatic carbocycles. The number of carbonyl (C=O) groups excluding carboxylic acids is 1. The molecule has 2 aromatic carbocycles. The highest BCUT2D eigenvalue weighted by atomic mass is 16.2. The molecular formula is C22H25N3O. The Bertz CT molecular complexity index is 805. The van der Waals surface area contributed by atoms with Crippen LogP contribution in [0, 0.1) is 0 Å². The van der Waals surface area contributed by atoms with Gasteiger partial charge in [-0.05, 0) is 30.5 Å². The summed E-state index contributed by atoms with van der Waals surface area (Å²) in [5, 5.41) is 7.02. The minimum absolute atomic E-state index is 0.0638. The third-order valence-electron chi connectivity index (χ3n) is 6.29. The molecule has 3 aliphatic heterocycles. The molecular weight excluding hydrogens is 322 g/mol. The summed E-state index contributed by atoms with van der Waals surface area (Å²) < 4.78 is 0. The van der Waals surface area contributed by atoms with Gasteiger partial charge in [0.2, 0.25) is 0 Å². The topological polar surface area (TPSA) is 44.4 Å². The third kappa shape index (κ3) is 2.69. The molecule has 0 unspecified atom stereocenters. The molecule has 2 bridgehead atoms. The Kier molecular flexibility index (Phi) is 3.75. The Morgan fingerprint density at radius 2 is 1.62 bits per heavy atom. The highest BCUT2D eigenvalue weighted by Crippen LogP contribution is 2.42. The van der Waals surface area contributed by atoms with Crippen molar-refractivity contribution in [3.63, 3.8) is 0 Å². The number of amides is 1. The largest absolute Gasteiger partial charge is 0.362 e. The number of piperidine rings is 2. The fraction of sp³-hybridized carbons (Fsp3) is 0.409. The average molecular weight is 347 g/mol. The number of rotatable bonds is 2. The second-order valence-corrected chi connectivity index (χ2v) is 8.01. The number of fused-ring (bicyclic) bond motifs is 3. The molecule has 5 rings (SSSR count). The van der Waals surface area contributed by atoms with Gasteiger partial charge in [-0.15, -0.1) is 0 Å². The van der Waals surface area contributed by atoms with E-state index in [9.17, 15) is 4.79 Å². The quantitative estimate of drug-likeness (QED) is 0.869. The van der Waals surface area contributed by atoms with Crippen LogP contribution in [0.2, 0.25) is 0 Å². The number of para-hydroxylation sites is 1. The zero-order chi connectivity index (χ0) is 17.6. The number of anilines is 1. The summed E-state index contributed by atoms with van der Waals surface area (Å²) in [4.78, 5) is 15.4. The molecule has 1 amide bonds. The van der Waals surface area contributed by atoms with Crippen molar-refractivity contribution < 1.29 is 4.79 Å². The van der Waals surface area contributed by atoms with Gasteiger partial charge in [-0.3, -0.25) is 9.69 Å². The fourth-order valence-electron chi connectivity index (χ4n) is 5.17. The average Bonchev–Trinajstić information content (AvgIpc) is 2.64. The van der Waals surface area contributed by atoms with E-state index in [0.717, 1.165) is 30.6 Å². The molecule has 2 aromatic rings. The van der Waals surface area contributed by atoms with Crippen LogP contribution in [0.3, 0.4) is 0 Å². The van der Waals surface area contributed by atoms with Gasteiger partial charge in [-0.25, -0.2) is 0 Å². The molecule has 3 aliphatic rings. The summed E-state index contributed by atoms with van der Waals surface area (Å²) in [6.45, 7) is 1.01. The van der Waals surface area contributed by atoms with E-state index in [-0.39, 0.29) is 11.6 Å². The van der Waals surface area contributed by atoms with Crippen LogP contribution in [0.1, 0.15) is 48.0 Å². The fourth-order valence-corrected chi connectivity index (χ4v) is 5.17. The van der Waals surface area contributed by atoms with Gasteiger partial charge in [0.05, 0.1) is 5.56 Å². The molecule has 0 radical (unpaired) electrons. The van der Waals surface area contributed by atoms with Crippen molar-refractivity contribution in [3.8, 4) is 0 Å². The maximum atomic E-state index is 12.7. The van der Waals surface area contributed by atoms with E-state index in [1.165, 1.54) is 24.8 Å². The van der Waals surface area contributed by atoms with Gasteiger partial charge in [0.25, 0.3) is 5.91 Å². The first kappa shape index (κ1) is 15.9. The summed E-state index contributed by atoms with van der Waals surface area (Å²) in [6, 6.07) is 19.6. The lowest BCUT2D eigenvalue weighted by Crippen LogP contribution is -2.67. The highest BCUT2D eigenvalue weighted by molar-refractivity contribution is 6.02. The molecule has 2 atom stereocenters. The van der Waals surface area contributed by atoms with Crippen LogP contribution >= 0.6 is 0 Å². The standard InChI is InChI=1S/C22H25N3O/c26-21-19-11-4-5-12-20(19)23-22(24-21)13-17-9-6-10-18(14-22)25(17)15-16-7-2-1-3-8-16/h1-5,7-8,11-12,17-18,23H,6,9-10,13-15H2,(H,24,26)/t17-,18-/m1/s1. The SMILES string of the molecule is O=C1NC2(C[C@H]3CCC[C@H](C2)N3Cc2ccccc2)Nc2ccccc21. The normalized spacial score (nSPS) is 30.4. The second-order valence-electron chi connectivity index (χ2n) is 8.01. The van der Waals surface area contributed by atoms with Crippen LogP contribution in [-0.2, 0) is 6.54 Å². The smallest absolute Gasteiger partial charge is 0.255 e. The lowest BCUT2D eigenvalue weighted by Gasteiger charge is -2.55. The Hall–Kier alpha value is -2.33. The number of nitrogens with one attached hydrogen (secondary N) is 2. The minimum Gasteiger partial charge on any atom is -0.362 e. The summed E-state index contributed by atoms with van der Waals surface area (Å²) in [6.07, 6.45) is 5.66. The molecule has 1 spiro atoms. The Morgan fingerprint density at radius 3 is 2.38 bits per heavy atom. The molecule has 0 aromatic heterocycles. The van der Waals surface area contributed by atoms with Crippen LogP contribution in [-0.4, -0.2) is 28.6 Å². The maximum Gasteiger partial charge on any atom is 0.255 e. The lowest BCUT2D eigenvalue weighted by atomic mass is 9.76. The van der Waals surface area contributed by atoms with Crippen LogP contribution in [0.25, 0.3) is 0 Å². The number of benzene rings is 2. The number of hydrogen-bond donors (Lipinski definition) is 2. The molecule has 4 heteroatoms. The second kappa shape index (κ2) is 6.13. The van der Waals surface area contributed by atoms with E-state index in [1.807, 2.05) is 24.3 Å². The van der Waals surface area contributed by atoms with Gasteiger partial charge in [0.15, 0.2) is 0 Å². The summed E-state index contributed by atoms with van der Waals surface area (Å²) in [5.41, 5.74) is 2.82. The van der Waals surface area contributed by atoms with Crippen molar-refractivity contribution in [1.29, 1.82) is 0 Å². The monoisotopic (exact) mass is 347 g/mol. The van der Waals surface area contributed by atoms with E-state index in [4.69, 9.17) is 0 Å². The van der Waals surface area contributed by atoms with Gasteiger partial charge < -0.3 is 10.6 Å². The molecule has 0 saturated carbocycles. The summed E-state index contributed by atoms with van der Waals surface area (Å²) in [7, 11) is 0. The molecule has 4 nitrogen and oxygen atoms in total. The predicted molar refractivity (Wildman–Crippen MR) is 103 cm³/mol. The molecule has 26 heavy (non-hydrogen) atoms. The summed E-state index contributed by atoms with van der Waals surface area (Å²) in [5.74, 6) is 0.0638. The van der Waals surface area contributed by atoms with Crippen molar-refractivity contribution in [2.75, 3.05) is 5.32 Å². The van der Waals surface area contributed by atoms with E-state index in [2.05, 4.69) is 45.9 Å². The van der Waals surface area contributed by atoms with Gasteiger partial charge >= 0.3 is 0 Å². The number of hydrogen-bond acceptors (Lipinski definition) is 3. The van der Waals surface area contributed by atoms with Gasteiger partial charge in [-0.1, -0.05) is 48.9 Å². The Labute approximate surface area is 154 Å². The predicted octanol–water partition coefficient (Wildman–Crippen LogP) is 3.76. The molecule has 2 N–H and O–H groups in total.